The quantitative estimate of drug-likeness (QED) is 0.779. The molecule has 0 amide bonds. The molecule has 2 N–H and O–H groups in total. The summed E-state index contributed by atoms with van der Waals surface area (Å²) in [6, 6.07) is 12.0. The maximum atomic E-state index is 5.70. The minimum atomic E-state index is 0.816. The van der Waals surface area contributed by atoms with Crippen LogP contribution in [0.1, 0.15) is 25.0 Å². The molecule has 1 heterocycles. The SMILES string of the molecule is CC.Nc1cccc(Cc2ccncc2)c1. The summed E-state index contributed by atoms with van der Waals surface area (Å²) in [6.45, 7) is 4.00. The molecule has 0 radical (unpaired) electrons. The second-order valence-electron chi connectivity index (χ2n) is 3.28. The van der Waals surface area contributed by atoms with Gasteiger partial charge in [-0.25, -0.2) is 0 Å². The lowest BCUT2D eigenvalue weighted by Crippen LogP contribution is -1.90. The molecular weight excluding hydrogens is 196 g/mol. The third-order valence-electron chi connectivity index (χ3n) is 2.11. The summed E-state index contributed by atoms with van der Waals surface area (Å²) in [5.74, 6) is 0. The van der Waals surface area contributed by atoms with Gasteiger partial charge in [-0.1, -0.05) is 26.0 Å². The van der Waals surface area contributed by atoms with Gasteiger partial charge in [-0.2, -0.15) is 0 Å². The van der Waals surface area contributed by atoms with Gasteiger partial charge in [-0.15, -0.1) is 0 Å². The number of benzene rings is 1. The summed E-state index contributed by atoms with van der Waals surface area (Å²) < 4.78 is 0. The van der Waals surface area contributed by atoms with Gasteiger partial charge in [0.25, 0.3) is 0 Å². The second kappa shape index (κ2) is 6.62. The fourth-order valence-corrected chi connectivity index (χ4v) is 1.44. The minimum Gasteiger partial charge on any atom is -0.399 e. The molecule has 0 bridgehead atoms. The van der Waals surface area contributed by atoms with E-state index in [2.05, 4.69) is 11.1 Å². The Labute approximate surface area is 97.1 Å². The molecule has 84 valence electrons. The van der Waals surface area contributed by atoms with Crippen molar-refractivity contribution < 1.29 is 0 Å². The fraction of sp³-hybridized carbons (Fsp3) is 0.214. The molecule has 0 aliphatic carbocycles. The largest absolute Gasteiger partial charge is 0.399 e. The number of hydrogen-bond donors (Lipinski definition) is 1. The summed E-state index contributed by atoms with van der Waals surface area (Å²) in [5, 5.41) is 0. The highest BCUT2D eigenvalue weighted by Gasteiger charge is 1.95. The van der Waals surface area contributed by atoms with Gasteiger partial charge in [-0.3, -0.25) is 4.98 Å². The number of rotatable bonds is 2. The topological polar surface area (TPSA) is 38.9 Å². The Morgan fingerprint density at radius 2 is 1.69 bits per heavy atom. The van der Waals surface area contributed by atoms with Crippen molar-refractivity contribution in [1.82, 2.24) is 4.98 Å². The van der Waals surface area contributed by atoms with E-state index >= 15 is 0 Å². The van der Waals surface area contributed by atoms with E-state index in [0.717, 1.165) is 12.1 Å². The van der Waals surface area contributed by atoms with Crippen molar-refractivity contribution in [2.75, 3.05) is 5.73 Å². The van der Waals surface area contributed by atoms with E-state index in [9.17, 15) is 0 Å². The Balaban J connectivity index is 0.000000606. The molecular formula is C14H18N2. The number of nitrogens with two attached hydrogens (primary N) is 1. The van der Waals surface area contributed by atoms with Crippen LogP contribution in [0.5, 0.6) is 0 Å². The predicted octanol–water partition coefficient (Wildman–Crippen LogP) is 3.28. The number of anilines is 1. The highest BCUT2D eigenvalue weighted by molar-refractivity contribution is 5.41. The third kappa shape index (κ3) is 3.73. The summed E-state index contributed by atoms with van der Waals surface area (Å²) in [7, 11) is 0. The van der Waals surface area contributed by atoms with Gasteiger partial charge in [0.2, 0.25) is 0 Å². The van der Waals surface area contributed by atoms with Crippen LogP contribution in [-0.4, -0.2) is 4.98 Å². The van der Waals surface area contributed by atoms with Crippen LogP contribution in [0.15, 0.2) is 48.8 Å². The van der Waals surface area contributed by atoms with Crippen LogP contribution in [0.2, 0.25) is 0 Å². The van der Waals surface area contributed by atoms with Gasteiger partial charge in [0, 0.05) is 18.1 Å². The van der Waals surface area contributed by atoms with E-state index in [1.165, 1.54) is 11.1 Å². The van der Waals surface area contributed by atoms with E-state index in [-0.39, 0.29) is 0 Å². The molecule has 0 unspecified atom stereocenters. The molecule has 0 aliphatic heterocycles. The van der Waals surface area contributed by atoms with Crippen molar-refractivity contribution in [2.24, 2.45) is 0 Å². The lowest BCUT2D eigenvalue weighted by Gasteiger charge is -2.01. The molecule has 0 spiro atoms. The van der Waals surface area contributed by atoms with Gasteiger partial charge in [0.05, 0.1) is 0 Å². The summed E-state index contributed by atoms with van der Waals surface area (Å²) in [6.07, 6.45) is 4.52. The normalized spacial score (nSPS) is 9.12. The maximum Gasteiger partial charge on any atom is 0.0316 e. The van der Waals surface area contributed by atoms with Gasteiger partial charge in [0.1, 0.15) is 0 Å². The zero-order valence-electron chi connectivity index (χ0n) is 9.85. The molecule has 2 heteroatoms. The van der Waals surface area contributed by atoms with Crippen LogP contribution in [0.3, 0.4) is 0 Å². The number of nitrogens with zero attached hydrogens (tertiary/aromatic N) is 1. The zero-order valence-corrected chi connectivity index (χ0v) is 9.85. The van der Waals surface area contributed by atoms with Crippen molar-refractivity contribution in [3.8, 4) is 0 Å². The second-order valence-corrected chi connectivity index (χ2v) is 3.28. The molecule has 0 saturated carbocycles. The van der Waals surface area contributed by atoms with Crippen molar-refractivity contribution in [3.05, 3.63) is 59.9 Å². The Morgan fingerprint density at radius 1 is 1.00 bits per heavy atom. The molecule has 0 fully saturated rings. The smallest absolute Gasteiger partial charge is 0.0316 e. The minimum absolute atomic E-state index is 0.816. The van der Waals surface area contributed by atoms with Crippen molar-refractivity contribution in [2.45, 2.75) is 20.3 Å². The molecule has 16 heavy (non-hydrogen) atoms. The van der Waals surface area contributed by atoms with E-state index in [1.54, 1.807) is 0 Å². The number of aromatic nitrogens is 1. The van der Waals surface area contributed by atoms with Gasteiger partial charge in [-0.05, 0) is 41.8 Å². The van der Waals surface area contributed by atoms with E-state index < -0.39 is 0 Å². The van der Waals surface area contributed by atoms with Crippen LogP contribution in [0.4, 0.5) is 5.69 Å². The lowest BCUT2D eigenvalue weighted by molar-refractivity contribution is 1.16. The average molecular weight is 214 g/mol. The maximum absolute atomic E-state index is 5.70. The monoisotopic (exact) mass is 214 g/mol. The highest BCUT2D eigenvalue weighted by atomic mass is 14.6. The van der Waals surface area contributed by atoms with E-state index in [0.29, 0.717) is 0 Å². The van der Waals surface area contributed by atoms with Crippen LogP contribution in [0, 0.1) is 0 Å². The molecule has 0 atom stereocenters. The summed E-state index contributed by atoms with van der Waals surface area (Å²) in [5.41, 5.74) is 9.00. The zero-order chi connectivity index (χ0) is 11.8. The first-order valence-electron chi connectivity index (χ1n) is 5.58. The standard InChI is InChI=1S/C12H12N2.C2H6/c13-12-3-1-2-11(9-12)8-10-4-6-14-7-5-10;1-2/h1-7,9H,8,13H2;1-2H3. The van der Waals surface area contributed by atoms with Crippen molar-refractivity contribution in [3.63, 3.8) is 0 Å². The Kier molecular flexibility index (Phi) is 5.06. The summed E-state index contributed by atoms with van der Waals surface area (Å²) >= 11 is 0. The van der Waals surface area contributed by atoms with Crippen molar-refractivity contribution >= 4 is 5.69 Å². The molecule has 2 nitrogen and oxygen atoms in total. The van der Waals surface area contributed by atoms with Crippen LogP contribution >= 0.6 is 0 Å². The van der Waals surface area contributed by atoms with Crippen LogP contribution in [-0.2, 0) is 6.42 Å². The van der Waals surface area contributed by atoms with E-state index in [4.69, 9.17) is 5.73 Å². The number of pyridine rings is 1. The first-order valence-corrected chi connectivity index (χ1v) is 5.58. The summed E-state index contributed by atoms with van der Waals surface area (Å²) in [4.78, 5) is 3.98. The van der Waals surface area contributed by atoms with Crippen LogP contribution < -0.4 is 5.73 Å². The highest BCUT2D eigenvalue weighted by Crippen LogP contribution is 2.11. The van der Waals surface area contributed by atoms with Gasteiger partial charge in [0.15, 0.2) is 0 Å². The lowest BCUT2D eigenvalue weighted by atomic mass is 10.1. The first kappa shape index (κ1) is 12.2. The van der Waals surface area contributed by atoms with Gasteiger partial charge < -0.3 is 5.73 Å². The average Bonchev–Trinajstić information content (AvgIpc) is 2.33. The molecule has 2 aromatic rings. The third-order valence-corrected chi connectivity index (χ3v) is 2.11. The molecule has 2 rings (SSSR count). The first-order chi connectivity index (χ1) is 7.84. The number of hydrogen-bond acceptors (Lipinski definition) is 2. The van der Waals surface area contributed by atoms with Crippen LogP contribution in [0.25, 0.3) is 0 Å². The Bertz CT molecular complexity index is 410. The molecule has 0 saturated heterocycles. The Morgan fingerprint density at radius 3 is 2.31 bits per heavy atom. The Hall–Kier alpha value is -1.83. The van der Waals surface area contributed by atoms with E-state index in [1.807, 2.05) is 56.6 Å². The molecule has 1 aromatic heterocycles. The molecule has 0 aliphatic rings. The predicted molar refractivity (Wildman–Crippen MR) is 69.2 cm³/mol. The fourth-order valence-electron chi connectivity index (χ4n) is 1.44. The molecule has 1 aromatic carbocycles. The van der Waals surface area contributed by atoms with Gasteiger partial charge >= 0.3 is 0 Å². The van der Waals surface area contributed by atoms with Crippen molar-refractivity contribution in [1.29, 1.82) is 0 Å². The number of nitrogen functional groups attached to an aromatic ring is 1.